The number of benzene rings is 3. The van der Waals surface area contributed by atoms with Crippen molar-refractivity contribution in [3.05, 3.63) is 75.0 Å². The lowest BCUT2D eigenvalue weighted by Gasteiger charge is -2.60. The van der Waals surface area contributed by atoms with Crippen molar-refractivity contribution in [1.29, 1.82) is 5.26 Å². The van der Waals surface area contributed by atoms with Crippen LogP contribution in [0.25, 0.3) is 10.9 Å². The van der Waals surface area contributed by atoms with Gasteiger partial charge < -0.3 is 39.8 Å². The first kappa shape index (κ1) is 32.6. The maximum Gasteiger partial charge on any atom is 0.253 e. The Morgan fingerprint density at radius 1 is 0.980 bits per heavy atom. The summed E-state index contributed by atoms with van der Waals surface area (Å²) < 4.78 is 17.6. The van der Waals surface area contributed by atoms with Crippen LogP contribution in [-0.4, -0.2) is 89.1 Å². The number of aromatic amines is 1. The number of hydrogen-bond donors (Lipinski definition) is 5. The topological polar surface area (TPSA) is 164 Å². The zero-order valence-electron chi connectivity index (χ0n) is 28.4. The van der Waals surface area contributed by atoms with Crippen LogP contribution in [0.15, 0.2) is 30.5 Å². The average molecular weight is 668 g/mol. The zero-order chi connectivity index (χ0) is 34.9. The lowest BCUT2D eigenvalue weighted by Crippen LogP contribution is -2.68. The van der Waals surface area contributed by atoms with Gasteiger partial charge in [-0.3, -0.25) is 14.6 Å². The highest BCUT2D eigenvalue weighted by atomic mass is 16.5. The third-order valence-corrected chi connectivity index (χ3v) is 11.1. The molecular formula is C37H41N5O7. The van der Waals surface area contributed by atoms with E-state index in [1.807, 2.05) is 38.2 Å². The molecular weight excluding hydrogens is 626 g/mol. The van der Waals surface area contributed by atoms with Gasteiger partial charge in [-0.05, 0) is 39.8 Å². The number of fused-ring (bicyclic) bond motifs is 8. The van der Waals surface area contributed by atoms with E-state index in [0.29, 0.717) is 63.5 Å². The number of aromatic hydroxyl groups is 2. The van der Waals surface area contributed by atoms with Gasteiger partial charge in [0.25, 0.3) is 5.91 Å². The number of nitriles is 1. The summed E-state index contributed by atoms with van der Waals surface area (Å²) in [5.74, 6) is 1.12. The first-order valence-electron chi connectivity index (χ1n) is 16.3. The molecule has 4 heterocycles. The predicted molar refractivity (Wildman–Crippen MR) is 181 cm³/mol. The Labute approximate surface area is 284 Å². The Morgan fingerprint density at radius 3 is 2.31 bits per heavy atom. The van der Waals surface area contributed by atoms with Crippen LogP contribution in [0, 0.1) is 25.2 Å². The normalized spacial score (nSPS) is 22.9. The molecule has 49 heavy (non-hydrogen) atoms. The van der Waals surface area contributed by atoms with Crippen LogP contribution in [0.3, 0.4) is 0 Å². The van der Waals surface area contributed by atoms with E-state index >= 15 is 0 Å². The molecule has 4 aromatic rings. The van der Waals surface area contributed by atoms with Crippen LogP contribution in [0.5, 0.6) is 28.7 Å². The van der Waals surface area contributed by atoms with Gasteiger partial charge in [-0.25, -0.2) is 0 Å². The van der Waals surface area contributed by atoms with Crippen molar-refractivity contribution < 1.29 is 34.3 Å². The molecule has 1 amide bonds. The Bertz CT molecular complexity index is 2030. The van der Waals surface area contributed by atoms with Gasteiger partial charge in [0.15, 0.2) is 11.5 Å². The first-order valence-corrected chi connectivity index (χ1v) is 16.3. The number of piperazine rings is 1. The summed E-state index contributed by atoms with van der Waals surface area (Å²) >= 11 is 0. The molecule has 2 bridgehead atoms. The average Bonchev–Trinajstić information content (AvgIpc) is 3.53. The Kier molecular flexibility index (Phi) is 8.10. The van der Waals surface area contributed by atoms with Gasteiger partial charge in [0.1, 0.15) is 23.3 Å². The minimum Gasteiger partial charge on any atom is -0.507 e. The van der Waals surface area contributed by atoms with Gasteiger partial charge in [-0.2, -0.15) is 5.26 Å². The van der Waals surface area contributed by atoms with Gasteiger partial charge in [-0.1, -0.05) is 18.2 Å². The van der Waals surface area contributed by atoms with Gasteiger partial charge in [0, 0.05) is 74.7 Å². The molecule has 0 saturated carbocycles. The molecule has 0 unspecified atom stereocenters. The van der Waals surface area contributed by atoms with Crippen molar-refractivity contribution in [2.24, 2.45) is 0 Å². The summed E-state index contributed by atoms with van der Waals surface area (Å²) in [6.07, 6.45) is 2.44. The van der Waals surface area contributed by atoms with Crippen molar-refractivity contribution in [3.8, 4) is 34.8 Å². The number of phenolic OH excluding ortho intramolecular Hbond substituents is 1. The number of nitrogens with zero attached hydrogens (tertiary/aromatic N) is 3. The SMILES string of the molecule is COc1c(C)c(OC)c2c(c1O)[C@H]1[C@@H]3Cc4c(OC)c(C)c(CO)c(O)c4[C@H](CNC(=O)c4c[nH]c5ccccc45)N3[C@@H](C#N)[C@H](C2)N1C. The molecule has 3 aliphatic heterocycles. The number of amides is 1. The number of ether oxygens (including phenoxy) is 3. The van der Waals surface area contributed by atoms with E-state index in [0.717, 1.165) is 22.0 Å². The standard InChI is InChI=1S/C37H41N5O7/c1-17-23(16-43)32(44)29-20(34(17)47-4)12-26-31-30-21(35(48-5)18(2)36(49-6)33(30)45)11-25(41(31)3)27(13-38)42(26)28(29)15-40-37(46)22-14-39-24-10-8-7-9-19(22)24/h7-10,14,25-28,31,39,43-45H,11-12,15-16H2,1-6H3,(H,40,46)/t25-,26-,27-,28-,31+/m0/s1. The lowest BCUT2D eigenvalue weighted by atomic mass is 9.71. The van der Waals surface area contributed by atoms with Gasteiger partial charge >= 0.3 is 0 Å². The predicted octanol–water partition coefficient (Wildman–Crippen LogP) is 3.92. The minimum absolute atomic E-state index is 0.0260. The number of hydrogen-bond acceptors (Lipinski definition) is 10. The van der Waals surface area contributed by atoms with Crippen molar-refractivity contribution >= 4 is 16.8 Å². The van der Waals surface area contributed by atoms with Crippen LogP contribution < -0.4 is 19.5 Å². The molecule has 3 aromatic carbocycles. The number of methoxy groups -OCH3 is 3. The van der Waals surface area contributed by atoms with E-state index in [9.17, 15) is 25.4 Å². The summed E-state index contributed by atoms with van der Waals surface area (Å²) in [4.78, 5) is 21.2. The monoisotopic (exact) mass is 667 g/mol. The third-order valence-electron chi connectivity index (χ3n) is 11.1. The summed E-state index contributed by atoms with van der Waals surface area (Å²) in [6.45, 7) is 3.27. The lowest BCUT2D eigenvalue weighted by molar-refractivity contribution is -0.0724. The summed E-state index contributed by atoms with van der Waals surface area (Å²) in [5.41, 5.74) is 5.67. The maximum absolute atomic E-state index is 13.8. The number of phenols is 2. The number of para-hydroxylation sites is 1. The summed E-state index contributed by atoms with van der Waals surface area (Å²) in [7, 11) is 6.64. The summed E-state index contributed by atoms with van der Waals surface area (Å²) in [6, 6.07) is 7.59. The van der Waals surface area contributed by atoms with Gasteiger partial charge in [0.05, 0.1) is 51.7 Å². The number of aliphatic hydroxyl groups is 1. The van der Waals surface area contributed by atoms with E-state index in [1.54, 1.807) is 27.3 Å². The molecule has 5 N–H and O–H groups in total. The van der Waals surface area contributed by atoms with Crippen molar-refractivity contribution in [2.45, 2.75) is 63.5 Å². The molecule has 1 aromatic heterocycles. The number of carbonyl (C=O) groups is 1. The van der Waals surface area contributed by atoms with Crippen molar-refractivity contribution in [3.63, 3.8) is 0 Å². The Hall–Kier alpha value is -4.96. The van der Waals surface area contributed by atoms with Crippen LogP contribution in [0.4, 0.5) is 0 Å². The largest absolute Gasteiger partial charge is 0.507 e. The van der Waals surface area contributed by atoms with Crippen LogP contribution >= 0.6 is 0 Å². The molecule has 0 radical (unpaired) electrons. The van der Waals surface area contributed by atoms with E-state index in [2.05, 4.69) is 26.2 Å². The fourth-order valence-electron chi connectivity index (χ4n) is 8.98. The zero-order valence-corrected chi connectivity index (χ0v) is 28.4. The van der Waals surface area contributed by atoms with E-state index < -0.39 is 30.8 Å². The number of nitrogens with one attached hydrogen (secondary N) is 2. The highest BCUT2D eigenvalue weighted by Crippen LogP contribution is 2.58. The van der Waals surface area contributed by atoms with Crippen LogP contribution in [-0.2, 0) is 19.4 Å². The Morgan fingerprint density at radius 2 is 1.63 bits per heavy atom. The van der Waals surface area contributed by atoms with Crippen LogP contribution in [0.1, 0.15) is 61.4 Å². The second-order valence-corrected chi connectivity index (χ2v) is 13.1. The highest BCUT2D eigenvalue weighted by molar-refractivity contribution is 6.06. The number of aliphatic hydroxyl groups excluding tert-OH is 1. The smallest absolute Gasteiger partial charge is 0.253 e. The summed E-state index contributed by atoms with van der Waals surface area (Å²) in [5, 5.41) is 48.9. The molecule has 12 nitrogen and oxygen atoms in total. The second-order valence-electron chi connectivity index (χ2n) is 13.1. The number of likely N-dealkylation sites (N-methyl/N-ethyl adjacent to an activating group) is 1. The fourth-order valence-corrected chi connectivity index (χ4v) is 8.98. The quantitative estimate of drug-likeness (QED) is 0.195. The number of aromatic nitrogens is 1. The first-order chi connectivity index (χ1) is 23.6. The fraction of sp³-hybridized carbons (Fsp3) is 0.405. The van der Waals surface area contributed by atoms with Gasteiger partial charge in [-0.15, -0.1) is 0 Å². The molecule has 12 heteroatoms. The van der Waals surface area contributed by atoms with E-state index in [1.165, 1.54) is 7.11 Å². The molecule has 5 atom stereocenters. The molecule has 256 valence electrons. The third kappa shape index (κ3) is 4.56. The number of rotatable bonds is 7. The molecule has 0 aliphatic carbocycles. The molecule has 0 spiro atoms. The number of H-pyrrole nitrogens is 1. The van der Waals surface area contributed by atoms with Gasteiger partial charge in [0.2, 0.25) is 0 Å². The van der Waals surface area contributed by atoms with E-state index in [4.69, 9.17) is 14.2 Å². The molecule has 7 rings (SSSR count). The minimum atomic E-state index is -0.691. The molecule has 1 saturated heterocycles. The Balaban J connectivity index is 1.43. The number of carbonyl (C=O) groups excluding carboxylic acids is 1. The molecule has 3 aliphatic rings. The van der Waals surface area contributed by atoms with Crippen molar-refractivity contribution in [1.82, 2.24) is 20.1 Å². The second kappa shape index (κ2) is 12.2. The van der Waals surface area contributed by atoms with Crippen LogP contribution in [0.2, 0.25) is 0 Å². The highest BCUT2D eigenvalue weighted by Gasteiger charge is 2.57. The van der Waals surface area contributed by atoms with Crippen molar-refractivity contribution in [2.75, 3.05) is 34.9 Å². The maximum atomic E-state index is 13.8. The molecule has 1 fully saturated rings. The van der Waals surface area contributed by atoms with E-state index in [-0.39, 0.29) is 30.0 Å².